The van der Waals surface area contributed by atoms with Gasteiger partial charge in [0.15, 0.2) is 0 Å². The van der Waals surface area contributed by atoms with Crippen molar-refractivity contribution in [2.45, 2.75) is 40.0 Å². The molecule has 0 spiro atoms. The zero-order chi connectivity index (χ0) is 13.5. The van der Waals surface area contributed by atoms with Crippen LogP contribution in [-0.2, 0) is 12.5 Å². The van der Waals surface area contributed by atoms with Crippen molar-refractivity contribution in [3.63, 3.8) is 0 Å². The number of aryl methyl sites for hydroxylation is 1. The Balaban J connectivity index is 2.64. The van der Waals surface area contributed by atoms with Gasteiger partial charge in [-0.25, -0.2) is 4.57 Å². The van der Waals surface area contributed by atoms with E-state index in [1.165, 1.54) is 22.6 Å². The highest BCUT2D eigenvalue weighted by Crippen LogP contribution is 2.29. The van der Waals surface area contributed by atoms with Gasteiger partial charge in [0.2, 0.25) is 0 Å². The largest absolute Gasteiger partial charge is 0.258 e. The molecule has 0 bridgehead atoms. The molecule has 18 heavy (non-hydrogen) atoms. The normalized spacial score (nSPS) is 11.9. The van der Waals surface area contributed by atoms with E-state index in [9.17, 15) is 0 Å². The fourth-order valence-corrected chi connectivity index (χ4v) is 2.50. The number of imidazole rings is 1. The Bertz CT molecular complexity index is 571. The second-order valence-corrected chi connectivity index (χ2v) is 6.03. The third kappa shape index (κ3) is 2.07. The van der Waals surface area contributed by atoms with Crippen LogP contribution in [0.5, 0.6) is 0 Å². The average molecular weight is 243 g/mol. The van der Waals surface area contributed by atoms with Gasteiger partial charge in [0.05, 0.1) is 7.05 Å². The van der Waals surface area contributed by atoms with Crippen LogP contribution in [0.25, 0.3) is 5.69 Å². The summed E-state index contributed by atoms with van der Waals surface area (Å²) in [5.41, 5.74) is 4.24. The van der Waals surface area contributed by atoms with Gasteiger partial charge in [0, 0.05) is 6.92 Å². The molecule has 0 aliphatic rings. The van der Waals surface area contributed by atoms with E-state index < -0.39 is 0 Å². The predicted octanol–water partition coefficient (Wildman–Crippen LogP) is 3.22. The Morgan fingerprint density at radius 3 is 2.28 bits per heavy atom. The van der Waals surface area contributed by atoms with E-state index in [1.54, 1.807) is 0 Å². The van der Waals surface area contributed by atoms with E-state index >= 15 is 0 Å². The Hall–Kier alpha value is -1.57. The van der Waals surface area contributed by atoms with Crippen LogP contribution >= 0.6 is 0 Å². The molecule has 1 heterocycles. The first-order valence-corrected chi connectivity index (χ1v) is 6.46. The van der Waals surface area contributed by atoms with Crippen LogP contribution in [0, 0.1) is 13.8 Å². The number of rotatable bonds is 1. The molecule has 1 aromatic heterocycles. The van der Waals surface area contributed by atoms with Crippen molar-refractivity contribution in [2.24, 2.45) is 7.05 Å². The van der Waals surface area contributed by atoms with Gasteiger partial charge in [0.25, 0.3) is 5.82 Å². The molecule has 0 fully saturated rings. The average Bonchev–Trinajstić information content (AvgIpc) is 2.59. The minimum atomic E-state index is 0.184. The fraction of sp³-hybridized carbons (Fsp3) is 0.438. The molecule has 0 unspecified atom stereocenters. The third-order valence-corrected chi connectivity index (χ3v) is 3.67. The second-order valence-electron chi connectivity index (χ2n) is 6.03. The van der Waals surface area contributed by atoms with Crippen molar-refractivity contribution in [1.82, 2.24) is 4.57 Å². The van der Waals surface area contributed by atoms with Crippen molar-refractivity contribution in [2.75, 3.05) is 0 Å². The summed E-state index contributed by atoms with van der Waals surface area (Å²) in [6.45, 7) is 11.2. The molecule has 2 aromatic rings. The summed E-state index contributed by atoms with van der Waals surface area (Å²) in [5.74, 6) is 1.24. The number of hydrogen-bond donors (Lipinski definition) is 0. The van der Waals surface area contributed by atoms with Crippen LogP contribution < -0.4 is 4.57 Å². The molecule has 0 aliphatic heterocycles. The van der Waals surface area contributed by atoms with Crippen molar-refractivity contribution in [1.29, 1.82) is 0 Å². The summed E-state index contributed by atoms with van der Waals surface area (Å²) in [5, 5.41) is 0. The first kappa shape index (κ1) is 12.9. The van der Waals surface area contributed by atoms with Crippen molar-refractivity contribution >= 4 is 0 Å². The number of aromatic nitrogens is 2. The zero-order valence-electron chi connectivity index (χ0n) is 12.3. The molecule has 96 valence electrons. The maximum Gasteiger partial charge on any atom is 0.258 e. The van der Waals surface area contributed by atoms with Gasteiger partial charge in [-0.3, -0.25) is 0 Å². The van der Waals surface area contributed by atoms with Gasteiger partial charge < -0.3 is 0 Å². The molecule has 1 aromatic carbocycles. The lowest BCUT2D eigenvalue weighted by atomic mass is 9.83. The summed E-state index contributed by atoms with van der Waals surface area (Å²) in [4.78, 5) is 0. The lowest BCUT2D eigenvalue weighted by Crippen LogP contribution is -2.29. The topological polar surface area (TPSA) is 8.81 Å². The summed E-state index contributed by atoms with van der Waals surface area (Å²) < 4.78 is 4.40. The molecule has 2 nitrogen and oxygen atoms in total. The van der Waals surface area contributed by atoms with E-state index in [4.69, 9.17) is 0 Å². The van der Waals surface area contributed by atoms with Crippen LogP contribution in [0.2, 0.25) is 0 Å². The monoisotopic (exact) mass is 243 g/mol. The Labute approximate surface area is 110 Å². The summed E-state index contributed by atoms with van der Waals surface area (Å²) in [6.07, 6.45) is 4.22. The molecule has 0 radical (unpaired) electrons. The first-order chi connectivity index (χ1) is 8.32. The zero-order valence-corrected chi connectivity index (χ0v) is 12.3. The van der Waals surface area contributed by atoms with Gasteiger partial charge >= 0.3 is 0 Å². The van der Waals surface area contributed by atoms with Crippen LogP contribution in [0.3, 0.4) is 0 Å². The predicted molar refractivity (Wildman–Crippen MR) is 75.1 cm³/mol. The highest BCUT2D eigenvalue weighted by atomic mass is 15.1. The maximum atomic E-state index is 2.27. The molecule has 0 amide bonds. The lowest BCUT2D eigenvalue weighted by Gasteiger charge is -2.22. The molecule has 2 rings (SSSR count). The van der Waals surface area contributed by atoms with E-state index in [0.717, 1.165) is 0 Å². The van der Waals surface area contributed by atoms with Gasteiger partial charge in [-0.1, -0.05) is 32.9 Å². The molecule has 0 atom stereocenters. The van der Waals surface area contributed by atoms with Gasteiger partial charge in [-0.2, -0.15) is 4.57 Å². The summed E-state index contributed by atoms with van der Waals surface area (Å²) >= 11 is 0. The van der Waals surface area contributed by atoms with Crippen LogP contribution in [-0.4, -0.2) is 4.57 Å². The minimum absolute atomic E-state index is 0.184. The van der Waals surface area contributed by atoms with E-state index in [-0.39, 0.29) is 5.41 Å². The first-order valence-electron chi connectivity index (χ1n) is 6.46. The second kappa shape index (κ2) is 4.27. The van der Waals surface area contributed by atoms with E-state index in [2.05, 4.69) is 81.4 Å². The van der Waals surface area contributed by atoms with Crippen LogP contribution in [0.4, 0.5) is 0 Å². The molecule has 0 saturated heterocycles. The Kier molecular flexibility index (Phi) is 3.05. The highest BCUT2D eigenvalue weighted by molar-refractivity contribution is 5.47. The van der Waals surface area contributed by atoms with E-state index in [0.29, 0.717) is 0 Å². The molecule has 0 aliphatic carbocycles. The van der Waals surface area contributed by atoms with Crippen LogP contribution in [0.15, 0.2) is 30.6 Å². The maximum absolute atomic E-state index is 2.27. The molecular formula is C16H23N2+. The number of benzene rings is 1. The third-order valence-electron chi connectivity index (χ3n) is 3.67. The summed E-state index contributed by atoms with van der Waals surface area (Å²) in [7, 11) is 2.08. The number of hydrogen-bond acceptors (Lipinski definition) is 0. The van der Waals surface area contributed by atoms with E-state index in [1.807, 2.05) is 0 Å². The Morgan fingerprint density at radius 2 is 1.78 bits per heavy atom. The minimum Gasteiger partial charge on any atom is -0.237 e. The fourth-order valence-electron chi connectivity index (χ4n) is 2.50. The summed E-state index contributed by atoms with van der Waals surface area (Å²) in [6, 6.07) is 6.58. The highest BCUT2D eigenvalue weighted by Gasteiger charge is 2.21. The lowest BCUT2D eigenvalue weighted by molar-refractivity contribution is -0.677. The van der Waals surface area contributed by atoms with Gasteiger partial charge in [0.1, 0.15) is 18.1 Å². The molecule has 0 N–H and O–H groups in total. The van der Waals surface area contributed by atoms with Gasteiger partial charge in [-0.15, -0.1) is 0 Å². The standard InChI is InChI=1S/C16H23N2/c1-12-14(16(3,4)5)8-7-9-15(12)18-11-10-17(6)13(18)2/h7-11H,1-6H3/q+1. The number of nitrogens with zero attached hydrogens (tertiary/aromatic N) is 2. The molecular weight excluding hydrogens is 220 g/mol. The molecule has 2 heteroatoms. The quantitative estimate of drug-likeness (QED) is 0.680. The van der Waals surface area contributed by atoms with Crippen molar-refractivity contribution < 1.29 is 4.57 Å². The smallest absolute Gasteiger partial charge is 0.237 e. The Morgan fingerprint density at radius 1 is 1.11 bits per heavy atom. The van der Waals surface area contributed by atoms with Crippen LogP contribution in [0.1, 0.15) is 37.7 Å². The SMILES string of the molecule is Cc1c(-n2cc[n+](C)c2C)cccc1C(C)(C)C. The van der Waals surface area contributed by atoms with Crippen molar-refractivity contribution in [3.05, 3.63) is 47.5 Å². The van der Waals surface area contributed by atoms with Gasteiger partial charge in [-0.05, 0) is 29.5 Å². The molecule has 0 saturated carbocycles. The van der Waals surface area contributed by atoms with Crippen molar-refractivity contribution in [3.8, 4) is 5.69 Å².